The smallest absolute Gasteiger partial charge is 0.306 e. The van der Waals surface area contributed by atoms with Gasteiger partial charge >= 0.3 is 5.97 Å². The van der Waals surface area contributed by atoms with Crippen molar-refractivity contribution in [1.82, 2.24) is 0 Å². The Morgan fingerprint density at radius 1 is 1.06 bits per heavy atom. The third kappa shape index (κ3) is 4.84. The van der Waals surface area contributed by atoms with Crippen LogP contribution in [0, 0.1) is 11.8 Å². The molecule has 1 unspecified atom stereocenters. The van der Waals surface area contributed by atoms with Crippen LogP contribution >= 0.6 is 0 Å². The number of rotatable bonds is 6. The highest BCUT2D eigenvalue weighted by atomic mass is 16.5. The lowest BCUT2D eigenvalue weighted by Gasteiger charge is -2.28. The van der Waals surface area contributed by atoms with Gasteiger partial charge in [-0.1, -0.05) is 50.2 Å². The molecule has 0 spiro atoms. The van der Waals surface area contributed by atoms with E-state index in [2.05, 4.69) is 43.3 Å². The number of nitrogens with two attached hydrogens (primary N) is 1. The normalized spacial score (nSPS) is 19.8. The summed E-state index contributed by atoms with van der Waals surface area (Å²) in [5.41, 5.74) is 9.97. The van der Waals surface area contributed by atoms with E-state index in [1.807, 2.05) is 18.2 Å². The summed E-state index contributed by atoms with van der Waals surface area (Å²) in [6.45, 7) is 4.02. The first-order valence-corrected chi connectivity index (χ1v) is 11.2. The summed E-state index contributed by atoms with van der Waals surface area (Å²) in [7, 11) is 0. The zero-order valence-electron chi connectivity index (χ0n) is 18.3. The third-order valence-electron chi connectivity index (χ3n) is 6.45. The molecule has 3 aromatic rings. The summed E-state index contributed by atoms with van der Waals surface area (Å²) in [4.78, 5) is 11.4. The lowest BCUT2D eigenvalue weighted by molar-refractivity contribution is -0.141. The molecular weight excluding hydrogens is 386 g/mol. The minimum Gasteiger partial charge on any atom is -0.488 e. The molecule has 1 atom stereocenters. The summed E-state index contributed by atoms with van der Waals surface area (Å²) in [6.07, 6.45) is 5.02. The number of aliphatic carboxylic acids is 1. The van der Waals surface area contributed by atoms with Gasteiger partial charge in [0.1, 0.15) is 5.75 Å². The molecule has 0 saturated heterocycles. The monoisotopic (exact) mass is 417 g/mol. The lowest BCUT2D eigenvalue weighted by atomic mass is 9.88. The van der Waals surface area contributed by atoms with Crippen molar-refractivity contribution in [1.29, 1.82) is 0 Å². The molecule has 0 heterocycles. The predicted octanol–water partition coefficient (Wildman–Crippen LogP) is 6.31. The van der Waals surface area contributed by atoms with Crippen molar-refractivity contribution in [2.75, 3.05) is 5.73 Å². The van der Waals surface area contributed by atoms with Gasteiger partial charge in [-0.2, -0.15) is 0 Å². The van der Waals surface area contributed by atoms with Crippen LogP contribution in [0.4, 0.5) is 5.69 Å². The van der Waals surface area contributed by atoms with Crippen LogP contribution in [0.3, 0.4) is 0 Å². The molecule has 1 fully saturated rings. The molecule has 31 heavy (non-hydrogen) atoms. The highest BCUT2D eigenvalue weighted by molar-refractivity contribution is 5.89. The molecule has 0 radical (unpaired) electrons. The second-order valence-electron chi connectivity index (χ2n) is 9.07. The number of carboxylic acid groups (broad SMARTS) is 1. The number of hydrogen-bond donors (Lipinski definition) is 2. The van der Waals surface area contributed by atoms with Gasteiger partial charge in [0.15, 0.2) is 0 Å². The Morgan fingerprint density at radius 2 is 1.77 bits per heavy atom. The Labute approximate surface area is 184 Å². The van der Waals surface area contributed by atoms with Gasteiger partial charge in [-0.25, -0.2) is 0 Å². The molecule has 4 heteroatoms. The van der Waals surface area contributed by atoms with Crippen molar-refractivity contribution in [3.8, 4) is 16.9 Å². The van der Waals surface area contributed by atoms with Crippen molar-refractivity contribution in [3.63, 3.8) is 0 Å². The average Bonchev–Trinajstić information content (AvgIpc) is 2.76. The van der Waals surface area contributed by atoms with E-state index in [0.717, 1.165) is 46.6 Å². The zero-order chi connectivity index (χ0) is 22.0. The fourth-order valence-corrected chi connectivity index (χ4v) is 4.49. The van der Waals surface area contributed by atoms with Crippen LogP contribution in [-0.2, 0) is 11.2 Å². The number of fused-ring (bicyclic) bond motifs is 1. The average molecular weight is 418 g/mol. The number of hydrogen-bond acceptors (Lipinski definition) is 3. The van der Waals surface area contributed by atoms with Gasteiger partial charge in [0.25, 0.3) is 0 Å². The highest BCUT2D eigenvalue weighted by Crippen LogP contribution is 2.40. The largest absolute Gasteiger partial charge is 0.488 e. The summed E-state index contributed by atoms with van der Waals surface area (Å²) in [5, 5.41) is 11.7. The SMILES string of the molecule is CC1CCC(Oc2c(N)cc(CC(C)C(=O)O)cc2-c2ccc3ccccc3c2)CC1. The molecule has 3 aromatic carbocycles. The van der Waals surface area contributed by atoms with Crippen LogP contribution in [0.2, 0.25) is 0 Å². The molecule has 0 bridgehead atoms. The number of ether oxygens (including phenoxy) is 1. The quantitative estimate of drug-likeness (QED) is 0.461. The van der Waals surface area contributed by atoms with E-state index in [1.54, 1.807) is 6.92 Å². The predicted molar refractivity (Wildman–Crippen MR) is 126 cm³/mol. The van der Waals surface area contributed by atoms with Crippen LogP contribution in [0.5, 0.6) is 5.75 Å². The molecule has 1 aliphatic rings. The molecule has 1 aliphatic carbocycles. The lowest BCUT2D eigenvalue weighted by Crippen LogP contribution is -2.23. The second kappa shape index (κ2) is 9.01. The van der Waals surface area contributed by atoms with E-state index in [0.29, 0.717) is 12.1 Å². The Bertz CT molecular complexity index is 1080. The van der Waals surface area contributed by atoms with Crippen LogP contribution in [-0.4, -0.2) is 17.2 Å². The molecule has 1 saturated carbocycles. The Hall–Kier alpha value is -3.01. The topological polar surface area (TPSA) is 72.5 Å². The number of nitrogen functional groups attached to an aromatic ring is 1. The van der Waals surface area contributed by atoms with E-state index < -0.39 is 11.9 Å². The molecule has 162 valence electrons. The van der Waals surface area contributed by atoms with E-state index in [-0.39, 0.29) is 6.10 Å². The van der Waals surface area contributed by atoms with E-state index in [9.17, 15) is 9.90 Å². The van der Waals surface area contributed by atoms with Gasteiger partial charge in [-0.3, -0.25) is 4.79 Å². The number of anilines is 1. The Morgan fingerprint density at radius 3 is 2.48 bits per heavy atom. The number of carboxylic acids is 1. The maximum Gasteiger partial charge on any atom is 0.306 e. The van der Waals surface area contributed by atoms with Crippen molar-refractivity contribution in [2.24, 2.45) is 11.8 Å². The van der Waals surface area contributed by atoms with Crippen LogP contribution in [0.15, 0.2) is 54.6 Å². The molecule has 4 nitrogen and oxygen atoms in total. The number of carbonyl (C=O) groups is 1. The fourth-order valence-electron chi connectivity index (χ4n) is 4.49. The molecular formula is C27H31NO3. The zero-order valence-corrected chi connectivity index (χ0v) is 18.3. The van der Waals surface area contributed by atoms with Crippen molar-refractivity contribution >= 4 is 22.4 Å². The molecule has 0 amide bonds. The fraction of sp³-hybridized carbons (Fsp3) is 0.370. The second-order valence-corrected chi connectivity index (χ2v) is 9.07. The maximum absolute atomic E-state index is 11.4. The van der Waals surface area contributed by atoms with E-state index in [1.165, 1.54) is 18.2 Å². The van der Waals surface area contributed by atoms with Crippen molar-refractivity contribution in [2.45, 2.75) is 52.1 Å². The first-order valence-electron chi connectivity index (χ1n) is 11.2. The van der Waals surface area contributed by atoms with Gasteiger partial charge in [-0.05, 0) is 78.1 Å². The minimum atomic E-state index is -0.803. The van der Waals surface area contributed by atoms with Gasteiger partial charge in [0.05, 0.1) is 17.7 Å². The van der Waals surface area contributed by atoms with Crippen LogP contribution in [0.25, 0.3) is 21.9 Å². The first kappa shape index (κ1) is 21.2. The number of benzene rings is 3. The summed E-state index contributed by atoms with van der Waals surface area (Å²) >= 11 is 0. The van der Waals surface area contributed by atoms with Gasteiger partial charge in [0, 0.05) is 5.56 Å². The standard InChI is InChI=1S/C27H31NO3/c1-17-7-11-23(12-8-17)31-26-24(14-19(15-25(26)28)13-18(2)27(29)30)22-10-9-20-5-3-4-6-21(20)16-22/h3-6,9-10,14-18,23H,7-8,11-13,28H2,1-2H3,(H,29,30). The van der Waals surface area contributed by atoms with E-state index >= 15 is 0 Å². The summed E-state index contributed by atoms with van der Waals surface area (Å²) in [6, 6.07) is 18.6. The van der Waals surface area contributed by atoms with Gasteiger partial charge in [0.2, 0.25) is 0 Å². The molecule has 3 N–H and O–H groups in total. The Kier molecular flexibility index (Phi) is 6.17. The van der Waals surface area contributed by atoms with E-state index in [4.69, 9.17) is 10.5 Å². The van der Waals surface area contributed by atoms with Crippen LogP contribution < -0.4 is 10.5 Å². The highest BCUT2D eigenvalue weighted by Gasteiger charge is 2.23. The van der Waals surface area contributed by atoms with Gasteiger partial charge in [-0.15, -0.1) is 0 Å². The third-order valence-corrected chi connectivity index (χ3v) is 6.45. The molecule has 0 aliphatic heterocycles. The van der Waals surface area contributed by atoms with Crippen molar-refractivity contribution in [3.05, 3.63) is 60.2 Å². The maximum atomic E-state index is 11.4. The van der Waals surface area contributed by atoms with Gasteiger partial charge < -0.3 is 15.6 Å². The summed E-state index contributed by atoms with van der Waals surface area (Å²) < 4.78 is 6.50. The first-order chi connectivity index (χ1) is 14.9. The Balaban J connectivity index is 1.75. The van der Waals surface area contributed by atoms with Crippen molar-refractivity contribution < 1.29 is 14.6 Å². The minimum absolute atomic E-state index is 0.168. The summed E-state index contributed by atoms with van der Waals surface area (Å²) in [5.74, 6) is 0.191. The molecule has 4 rings (SSSR count). The van der Waals surface area contributed by atoms with Crippen LogP contribution in [0.1, 0.15) is 45.1 Å². The molecule has 0 aromatic heterocycles.